The molecule has 3 rings (SSSR count). The molecule has 98 valence electrons. The van der Waals surface area contributed by atoms with Crippen molar-refractivity contribution < 1.29 is 0 Å². The molecule has 0 unspecified atom stereocenters. The van der Waals surface area contributed by atoms with E-state index >= 15 is 0 Å². The van der Waals surface area contributed by atoms with Gasteiger partial charge in [0.15, 0.2) is 0 Å². The van der Waals surface area contributed by atoms with E-state index in [0.717, 1.165) is 12.5 Å². The molecule has 1 spiro atoms. The molecular weight excluding hydrogens is 218 g/mol. The van der Waals surface area contributed by atoms with Crippen LogP contribution in [0.3, 0.4) is 0 Å². The van der Waals surface area contributed by atoms with Crippen molar-refractivity contribution in [3.63, 3.8) is 0 Å². The molecule has 1 saturated carbocycles. The second-order valence-corrected chi connectivity index (χ2v) is 6.62. The van der Waals surface area contributed by atoms with Crippen LogP contribution in [0.15, 0.2) is 24.3 Å². The maximum Gasteiger partial charge on any atom is 0.0213 e. The molecule has 0 aromatic heterocycles. The average molecular weight is 243 g/mol. The maximum absolute atomic E-state index is 3.90. The lowest BCUT2D eigenvalue weighted by Gasteiger charge is -2.40. The maximum atomic E-state index is 3.90. The van der Waals surface area contributed by atoms with E-state index in [4.69, 9.17) is 0 Å². The van der Waals surface area contributed by atoms with Gasteiger partial charge in [-0.25, -0.2) is 0 Å². The van der Waals surface area contributed by atoms with Crippen LogP contribution in [0.25, 0.3) is 0 Å². The molecule has 1 atom stereocenters. The molecular formula is C17H25N. The van der Waals surface area contributed by atoms with Crippen LogP contribution in [0.1, 0.15) is 63.0 Å². The molecule has 0 bridgehead atoms. The molecule has 0 saturated heterocycles. The number of hydrogen-bond acceptors (Lipinski definition) is 1. The summed E-state index contributed by atoms with van der Waals surface area (Å²) in [5.74, 6) is 1.63. The van der Waals surface area contributed by atoms with Gasteiger partial charge in [0, 0.05) is 12.1 Å². The van der Waals surface area contributed by atoms with Crippen molar-refractivity contribution in [2.45, 2.75) is 64.0 Å². The quantitative estimate of drug-likeness (QED) is 0.719. The molecule has 1 aliphatic heterocycles. The van der Waals surface area contributed by atoms with Gasteiger partial charge in [-0.15, -0.1) is 0 Å². The highest BCUT2D eigenvalue weighted by molar-refractivity contribution is 5.32. The van der Waals surface area contributed by atoms with Crippen molar-refractivity contribution in [3.8, 4) is 0 Å². The predicted molar refractivity (Wildman–Crippen MR) is 76.7 cm³/mol. The van der Waals surface area contributed by atoms with E-state index < -0.39 is 0 Å². The Morgan fingerprint density at radius 3 is 2.61 bits per heavy atom. The third kappa shape index (κ3) is 2.21. The van der Waals surface area contributed by atoms with Gasteiger partial charge in [0.2, 0.25) is 0 Å². The Morgan fingerprint density at radius 1 is 1.11 bits per heavy atom. The lowest BCUT2D eigenvalue weighted by molar-refractivity contribution is 0.178. The van der Waals surface area contributed by atoms with E-state index in [-0.39, 0.29) is 0 Å². The first-order chi connectivity index (χ1) is 8.69. The Hall–Kier alpha value is -0.820. The van der Waals surface area contributed by atoms with Crippen molar-refractivity contribution in [3.05, 3.63) is 35.4 Å². The fourth-order valence-corrected chi connectivity index (χ4v) is 3.92. The summed E-state index contributed by atoms with van der Waals surface area (Å²) >= 11 is 0. The van der Waals surface area contributed by atoms with Gasteiger partial charge in [-0.2, -0.15) is 0 Å². The minimum Gasteiger partial charge on any atom is -0.307 e. The molecule has 1 fully saturated rings. The van der Waals surface area contributed by atoms with Crippen molar-refractivity contribution in [2.24, 2.45) is 5.92 Å². The topological polar surface area (TPSA) is 12.0 Å². The number of benzene rings is 1. The molecule has 1 heterocycles. The van der Waals surface area contributed by atoms with Gasteiger partial charge in [0.05, 0.1) is 0 Å². The van der Waals surface area contributed by atoms with Crippen molar-refractivity contribution in [2.75, 3.05) is 0 Å². The second-order valence-electron chi connectivity index (χ2n) is 6.62. The molecule has 2 aliphatic rings. The van der Waals surface area contributed by atoms with E-state index in [0.29, 0.717) is 11.5 Å². The first kappa shape index (κ1) is 12.2. The van der Waals surface area contributed by atoms with Crippen LogP contribution in [0.5, 0.6) is 0 Å². The Labute approximate surface area is 111 Å². The molecule has 1 aliphatic carbocycles. The smallest absolute Gasteiger partial charge is 0.0213 e. The predicted octanol–water partition coefficient (Wildman–Crippen LogP) is 4.23. The number of fused-ring (bicyclic) bond motifs is 1. The van der Waals surface area contributed by atoms with E-state index in [1.54, 1.807) is 5.56 Å². The largest absolute Gasteiger partial charge is 0.307 e. The van der Waals surface area contributed by atoms with Crippen LogP contribution in [-0.4, -0.2) is 5.54 Å². The van der Waals surface area contributed by atoms with Gasteiger partial charge in [0.25, 0.3) is 0 Å². The fourth-order valence-electron chi connectivity index (χ4n) is 3.92. The average Bonchev–Trinajstić information content (AvgIpc) is 2.53. The highest BCUT2D eigenvalue weighted by Gasteiger charge is 2.37. The standard InChI is InChI=1S/C17H25N/c1-13-7-9-17(10-8-13)11-14(2)16-6-4-3-5-15(16)12-18-17/h3-6,13-14,18H,7-12H2,1-2H3/t13?,14-,17?/m0/s1. The third-order valence-corrected chi connectivity index (χ3v) is 5.17. The van der Waals surface area contributed by atoms with Crippen LogP contribution in [0, 0.1) is 5.92 Å². The molecule has 1 heteroatoms. The van der Waals surface area contributed by atoms with Crippen molar-refractivity contribution in [1.29, 1.82) is 0 Å². The third-order valence-electron chi connectivity index (χ3n) is 5.17. The molecule has 18 heavy (non-hydrogen) atoms. The molecule has 1 nitrogen and oxygen atoms in total. The Bertz CT molecular complexity index is 415. The van der Waals surface area contributed by atoms with Gasteiger partial charge >= 0.3 is 0 Å². The zero-order chi connectivity index (χ0) is 12.6. The Balaban J connectivity index is 1.84. The minimum atomic E-state index is 0.422. The SMILES string of the molecule is CC1CCC2(CC1)C[C@H](C)c1ccccc1CN2. The van der Waals surface area contributed by atoms with Gasteiger partial charge in [-0.05, 0) is 55.1 Å². The lowest BCUT2D eigenvalue weighted by Crippen LogP contribution is -2.47. The van der Waals surface area contributed by atoms with Crippen LogP contribution < -0.4 is 5.32 Å². The van der Waals surface area contributed by atoms with E-state index in [2.05, 4.69) is 43.4 Å². The summed E-state index contributed by atoms with van der Waals surface area (Å²) in [6.45, 7) is 5.88. The monoisotopic (exact) mass is 243 g/mol. The summed E-state index contributed by atoms with van der Waals surface area (Å²) in [5, 5.41) is 3.90. The molecule has 1 N–H and O–H groups in total. The van der Waals surface area contributed by atoms with Gasteiger partial charge in [-0.3, -0.25) is 0 Å². The summed E-state index contributed by atoms with van der Waals surface area (Å²) in [6, 6.07) is 8.99. The van der Waals surface area contributed by atoms with Crippen LogP contribution in [0.2, 0.25) is 0 Å². The summed E-state index contributed by atoms with van der Waals surface area (Å²) in [6.07, 6.45) is 6.85. The number of hydrogen-bond donors (Lipinski definition) is 1. The van der Waals surface area contributed by atoms with E-state index in [1.165, 1.54) is 37.7 Å². The van der Waals surface area contributed by atoms with Crippen molar-refractivity contribution in [1.82, 2.24) is 5.32 Å². The number of rotatable bonds is 0. The first-order valence-corrected chi connectivity index (χ1v) is 7.51. The van der Waals surface area contributed by atoms with Gasteiger partial charge < -0.3 is 5.32 Å². The van der Waals surface area contributed by atoms with Crippen molar-refractivity contribution >= 4 is 0 Å². The molecule has 1 aromatic carbocycles. The fraction of sp³-hybridized carbons (Fsp3) is 0.647. The first-order valence-electron chi connectivity index (χ1n) is 7.51. The summed E-state index contributed by atoms with van der Waals surface area (Å²) in [5.41, 5.74) is 3.51. The zero-order valence-electron chi connectivity index (χ0n) is 11.7. The summed E-state index contributed by atoms with van der Waals surface area (Å²) < 4.78 is 0. The highest BCUT2D eigenvalue weighted by Crippen LogP contribution is 2.41. The Kier molecular flexibility index (Phi) is 3.19. The minimum absolute atomic E-state index is 0.422. The van der Waals surface area contributed by atoms with Crippen LogP contribution in [-0.2, 0) is 6.54 Å². The van der Waals surface area contributed by atoms with Crippen LogP contribution in [0.4, 0.5) is 0 Å². The molecule has 0 amide bonds. The summed E-state index contributed by atoms with van der Waals surface area (Å²) in [7, 11) is 0. The second kappa shape index (κ2) is 4.70. The van der Waals surface area contributed by atoms with E-state index in [1.807, 2.05) is 0 Å². The van der Waals surface area contributed by atoms with Gasteiger partial charge in [0.1, 0.15) is 0 Å². The van der Waals surface area contributed by atoms with E-state index in [9.17, 15) is 0 Å². The highest BCUT2D eigenvalue weighted by atomic mass is 15.0. The Morgan fingerprint density at radius 2 is 1.83 bits per heavy atom. The molecule has 1 aromatic rings. The molecule has 0 radical (unpaired) electrons. The van der Waals surface area contributed by atoms with Crippen LogP contribution >= 0.6 is 0 Å². The normalized spacial score (nSPS) is 36.1. The lowest BCUT2D eigenvalue weighted by atomic mass is 9.72. The number of nitrogens with one attached hydrogen (secondary N) is 1. The van der Waals surface area contributed by atoms with Gasteiger partial charge in [-0.1, -0.05) is 38.1 Å². The summed E-state index contributed by atoms with van der Waals surface area (Å²) in [4.78, 5) is 0. The zero-order valence-corrected chi connectivity index (χ0v) is 11.7.